The Labute approximate surface area is 160 Å². The molecule has 0 spiro atoms. The first kappa shape index (κ1) is 18.5. The molecule has 0 heterocycles. The second-order valence-corrected chi connectivity index (χ2v) is 6.47. The molecule has 138 valence electrons. The lowest BCUT2D eigenvalue weighted by Crippen LogP contribution is -2.22. The Bertz CT molecular complexity index is 887. The van der Waals surface area contributed by atoms with Crippen molar-refractivity contribution < 1.29 is 9.53 Å². The van der Waals surface area contributed by atoms with E-state index in [-0.39, 0.29) is 12.5 Å². The van der Waals surface area contributed by atoms with Gasteiger partial charge in [-0.25, -0.2) is 0 Å². The molecule has 0 radical (unpaired) electrons. The van der Waals surface area contributed by atoms with Crippen LogP contribution in [0.1, 0.15) is 16.7 Å². The number of hydrogen-bond acceptors (Lipinski definition) is 3. The van der Waals surface area contributed by atoms with Gasteiger partial charge in [-0.15, -0.1) is 0 Å². The summed E-state index contributed by atoms with van der Waals surface area (Å²) in [4.78, 5) is 12.3. The molecule has 0 aliphatic rings. The summed E-state index contributed by atoms with van der Waals surface area (Å²) in [5, 5.41) is 6.13. The Morgan fingerprint density at radius 2 is 1.59 bits per heavy atom. The molecular formula is C23H24N2O2. The van der Waals surface area contributed by atoms with Crippen molar-refractivity contribution in [1.29, 1.82) is 0 Å². The topological polar surface area (TPSA) is 50.4 Å². The van der Waals surface area contributed by atoms with Crippen LogP contribution in [0, 0.1) is 13.8 Å². The smallest absolute Gasteiger partial charge is 0.243 e. The number of amides is 1. The van der Waals surface area contributed by atoms with Gasteiger partial charge in [0.1, 0.15) is 12.4 Å². The predicted octanol–water partition coefficient (Wildman–Crippen LogP) is 4.93. The lowest BCUT2D eigenvalue weighted by molar-refractivity contribution is -0.114. The summed E-state index contributed by atoms with van der Waals surface area (Å²) in [5.41, 5.74) is 5.07. The van der Waals surface area contributed by atoms with Gasteiger partial charge in [0, 0.05) is 17.4 Å². The zero-order valence-electron chi connectivity index (χ0n) is 15.7. The first-order valence-corrected chi connectivity index (χ1v) is 8.98. The molecule has 0 saturated carbocycles. The number of aryl methyl sites for hydroxylation is 2. The standard InChI is InChI=1S/C23H24N2O2/c1-17-8-6-9-18(2)23(17)24-15-22(26)25-20-12-7-13-21(14-20)27-16-19-10-4-3-5-11-19/h3-14,24H,15-16H2,1-2H3,(H,25,26). The van der Waals surface area contributed by atoms with Crippen molar-refractivity contribution in [3.8, 4) is 5.75 Å². The maximum Gasteiger partial charge on any atom is 0.243 e. The van der Waals surface area contributed by atoms with Crippen molar-refractivity contribution in [2.45, 2.75) is 20.5 Å². The quantitative estimate of drug-likeness (QED) is 0.628. The summed E-state index contributed by atoms with van der Waals surface area (Å²) in [7, 11) is 0. The molecule has 0 unspecified atom stereocenters. The first-order chi connectivity index (χ1) is 13.1. The largest absolute Gasteiger partial charge is 0.489 e. The van der Waals surface area contributed by atoms with Crippen LogP contribution in [0.25, 0.3) is 0 Å². The number of rotatable bonds is 7. The number of anilines is 2. The van der Waals surface area contributed by atoms with Crippen LogP contribution in [-0.4, -0.2) is 12.5 Å². The summed E-state index contributed by atoms with van der Waals surface area (Å²) in [6.07, 6.45) is 0. The van der Waals surface area contributed by atoms with Gasteiger partial charge in [-0.1, -0.05) is 54.6 Å². The number of carbonyl (C=O) groups excluding carboxylic acids is 1. The summed E-state index contributed by atoms with van der Waals surface area (Å²) >= 11 is 0. The highest BCUT2D eigenvalue weighted by Crippen LogP contribution is 2.20. The van der Waals surface area contributed by atoms with Crippen molar-refractivity contribution in [3.63, 3.8) is 0 Å². The van der Waals surface area contributed by atoms with Crippen molar-refractivity contribution >= 4 is 17.3 Å². The van der Waals surface area contributed by atoms with Gasteiger partial charge in [0.15, 0.2) is 0 Å². The van der Waals surface area contributed by atoms with Gasteiger partial charge in [0.05, 0.1) is 6.54 Å². The molecule has 3 aromatic rings. The summed E-state index contributed by atoms with van der Waals surface area (Å²) in [6, 6.07) is 23.5. The number of ether oxygens (including phenoxy) is 1. The molecule has 3 rings (SSSR count). The van der Waals surface area contributed by atoms with E-state index >= 15 is 0 Å². The molecule has 0 fully saturated rings. The molecule has 2 N–H and O–H groups in total. The van der Waals surface area contributed by atoms with Crippen LogP contribution in [0.5, 0.6) is 5.75 Å². The van der Waals surface area contributed by atoms with E-state index < -0.39 is 0 Å². The van der Waals surface area contributed by atoms with Crippen molar-refractivity contribution in [2.24, 2.45) is 0 Å². The average molecular weight is 360 g/mol. The molecule has 0 saturated heterocycles. The highest BCUT2D eigenvalue weighted by Gasteiger charge is 2.06. The molecule has 4 heteroatoms. The van der Waals surface area contributed by atoms with Crippen LogP contribution in [0.2, 0.25) is 0 Å². The highest BCUT2D eigenvalue weighted by atomic mass is 16.5. The molecule has 0 atom stereocenters. The molecule has 3 aromatic carbocycles. The van der Waals surface area contributed by atoms with E-state index in [9.17, 15) is 4.79 Å². The van der Waals surface area contributed by atoms with E-state index in [4.69, 9.17) is 4.74 Å². The van der Waals surface area contributed by atoms with E-state index in [1.807, 2.05) is 86.6 Å². The predicted molar refractivity (Wildman–Crippen MR) is 110 cm³/mol. The number of nitrogens with one attached hydrogen (secondary N) is 2. The maximum absolute atomic E-state index is 12.3. The third kappa shape index (κ3) is 5.35. The van der Waals surface area contributed by atoms with E-state index in [0.29, 0.717) is 12.3 Å². The molecule has 4 nitrogen and oxygen atoms in total. The van der Waals surface area contributed by atoms with E-state index in [2.05, 4.69) is 10.6 Å². The lowest BCUT2D eigenvalue weighted by Gasteiger charge is -2.13. The SMILES string of the molecule is Cc1cccc(C)c1NCC(=O)Nc1cccc(OCc2ccccc2)c1. The van der Waals surface area contributed by atoms with E-state index in [1.54, 1.807) is 0 Å². The zero-order valence-corrected chi connectivity index (χ0v) is 15.7. The van der Waals surface area contributed by atoms with Gasteiger partial charge >= 0.3 is 0 Å². The monoisotopic (exact) mass is 360 g/mol. The number of hydrogen-bond donors (Lipinski definition) is 2. The second-order valence-electron chi connectivity index (χ2n) is 6.47. The Kier molecular flexibility index (Phi) is 6.10. The van der Waals surface area contributed by atoms with Crippen molar-refractivity contribution in [2.75, 3.05) is 17.2 Å². The minimum absolute atomic E-state index is 0.0992. The molecule has 0 bridgehead atoms. The highest BCUT2D eigenvalue weighted by molar-refractivity contribution is 5.94. The van der Waals surface area contributed by atoms with Gasteiger partial charge in [0.2, 0.25) is 5.91 Å². The maximum atomic E-state index is 12.3. The average Bonchev–Trinajstić information content (AvgIpc) is 2.67. The summed E-state index contributed by atoms with van der Waals surface area (Å²) in [5.74, 6) is 0.622. The third-order valence-electron chi connectivity index (χ3n) is 4.27. The van der Waals surface area contributed by atoms with E-state index in [0.717, 1.165) is 28.1 Å². The molecule has 0 aliphatic heterocycles. The molecule has 1 amide bonds. The van der Waals surface area contributed by atoms with Crippen LogP contribution in [0.15, 0.2) is 72.8 Å². The number of para-hydroxylation sites is 1. The van der Waals surface area contributed by atoms with Crippen LogP contribution >= 0.6 is 0 Å². The summed E-state index contributed by atoms with van der Waals surface area (Å²) < 4.78 is 5.81. The fourth-order valence-corrected chi connectivity index (χ4v) is 2.87. The van der Waals surface area contributed by atoms with Crippen LogP contribution in [0.4, 0.5) is 11.4 Å². The Balaban J connectivity index is 1.55. The molecule has 27 heavy (non-hydrogen) atoms. The van der Waals surface area contributed by atoms with Crippen molar-refractivity contribution in [1.82, 2.24) is 0 Å². The van der Waals surface area contributed by atoms with Crippen LogP contribution in [-0.2, 0) is 11.4 Å². The van der Waals surface area contributed by atoms with Gasteiger partial charge in [-0.05, 0) is 42.7 Å². The fraction of sp³-hybridized carbons (Fsp3) is 0.174. The summed E-state index contributed by atoms with van der Waals surface area (Å²) in [6.45, 7) is 4.76. The Morgan fingerprint density at radius 3 is 2.33 bits per heavy atom. The van der Waals surface area contributed by atoms with E-state index in [1.165, 1.54) is 0 Å². The minimum atomic E-state index is -0.0992. The fourth-order valence-electron chi connectivity index (χ4n) is 2.87. The van der Waals surface area contributed by atoms with Gasteiger partial charge in [-0.2, -0.15) is 0 Å². The normalized spacial score (nSPS) is 10.3. The lowest BCUT2D eigenvalue weighted by atomic mass is 10.1. The Hall–Kier alpha value is -3.27. The van der Waals surface area contributed by atoms with Crippen LogP contribution < -0.4 is 15.4 Å². The first-order valence-electron chi connectivity index (χ1n) is 8.98. The third-order valence-corrected chi connectivity index (χ3v) is 4.27. The number of benzene rings is 3. The van der Waals surface area contributed by atoms with Crippen molar-refractivity contribution in [3.05, 3.63) is 89.5 Å². The van der Waals surface area contributed by atoms with Crippen LogP contribution in [0.3, 0.4) is 0 Å². The van der Waals surface area contributed by atoms with Gasteiger partial charge in [-0.3, -0.25) is 4.79 Å². The Morgan fingerprint density at radius 1 is 0.889 bits per heavy atom. The van der Waals surface area contributed by atoms with Gasteiger partial charge in [0.25, 0.3) is 0 Å². The zero-order chi connectivity index (χ0) is 19.1. The molecule has 0 aliphatic carbocycles. The number of carbonyl (C=O) groups is 1. The molecular weight excluding hydrogens is 336 g/mol. The second kappa shape index (κ2) is 8.90. The minimum Gasteiger partial charge on any atom is -0.489 e. The molecule has 0 aromatic heterocycles. The van der Waals surface area contributed by atoms with Gasteiger partial charge < -0.3 is 15.4 Å².